The van der Waals surface area contributed by atoms with E-state index in [1.165, 1.54) is 44.9 Å². The molecule has 0 aromatic carbocycles. The van der Waals surface area contributed by atoms with Crippen molar-refractivity contribution in [2.75, 3.05) is 6.61 Å². The Morgan fingerprint density at radius 2 is 1.66 bits per heavy atom. The molecule has 0 saturated heterocycles. The highest BCUT2D eigenvalue weighted by Gasteiger charge is 2.59. The van der Waals surface area contributed by atoms with Crippen molar-refractivity contribution >= 4 is 0 Å². The first-order chi connectivity index (χ1) is 13.7. The fraction of sp³-hybridized carbons (Fsp3) is 0.857. The maximum absolute atomic E-state index is 9.90. The molecule has 9 unspecified atom stereocenters. The largest absolute Gasteiger partial charge is 0.396 e. The van der Waals surface area contributed by atoms with E-state index in [1.807, 2.05) is 5.57 Å². The van der Waals surface area contributed by atoms with Crippen LogP contribution >= 0.6 is 0 Å². The van der Waals surface area contributed by atoms with E-state index in [4.69, 9.17) is 0 Å². The fourth-order valence-electron chi connectivity index (χ4n) is 8.40. The average Bonchev–Trinajstić information content (AvgIpc) is 3.22. The zero-order chi connectivity index (χ0) is 21.0. The molecule has 4 aliphatic rings. The standard InChI is InChI=1S/C28H46O/c1-18(2)19(3)7-8-20(4)23-11-12-25-22-9-10-24-21(17-29)13-15-28(24,6)26(22)14-16-27(23,25)5/h7-9,18-21,23-26,29H,10-17H2,1-6H3. The van der Waals surface area contributed by atoms with Gasteiger partial charge >= 0.3 is 0 Å². The second-order valence-electron chi connectivity index (χ2n) is 12.2. The number of aliphatic hydroxyl groups excluding tert-OH is 1. The van der Waals surface area contributed by atoms with E-state index in [2.05, 4.69) is 59.8 Å². The van der Waals surface area contributed by atoms with Crippen molar-refractivity contribution in [3.8, 4) is 0 Å². The van der Waals surface area contributed by atoms with Crippen LogP contribution in [0.25, 0.3) is 0 Å². The summed E-state index contributed by atoms with van der Waals surface area (Å²) in [5.74, 6) is 5.83. The Morgan fingerprint density at radius 3 is 2.34 bits per heavy atom. The summed E-state index contributed by atoms with van der Waals surface area (Å²) in [6, 6.07) is 0. The Kier molecular flexibility index (Phi) is 5.86. The number of aliphatic hydroxyl groups is 1. The summed E-state index contributed by atoms with van der Waals surface area (Å²) in [6.07, 6.45) is 17.2. The molecule has 1 heteroatoms. The SMILES string of the molecule is CC(C)C(C)C=CC(C)C1CCC2C3=CCC4C(CO)CCC4(C)C3CCC21C. The van der Waals surface area contributed by atoms with E-state index in [9.17, 15) is 5.11 Å². The maximum Gasteiger partial charge on any atom is 0.0462 e. The van der Waals surface area contributed by atoms with Crippen molar-refractivity contribution in [1.82, 2.24) is 0 Å². The summed E-state index contributed by atoms with van der Waals surface area (Å²) >= 11 is 0. The topological polar surface area (TPSA) is 20.2 Å². The van der Waals surface area contributed by atoms with Gasteiger partial charge in [0.2, 0.25) is 0 Å². The molecule has 29 heavy (non-hydrogen) atoms. The number of hydrogen-bond acceptors (Lipinski definition) is 1. The van der Waals surface area contributed by atoms with Gasteiger partial charge in [0.1, 0.15) is 0 Å². The third-order valence-corrected chi connectivity index (χ3v) is 10.7. The predicted octanol–water partition coefficient (Wildman–Crippen LogP) is 7.27. The molecule has 4 aliphatic carbocycles. The van der Waals surface area contributed by atoms with Crippen LogP contribution in [0.1, 0.15) is 86.5 Å². The van der Waals surface area contributed by atoms with E-state index in [0.29, 0.717) is 35.2 Å². The summed E-state index contributed by atoms with van der Waals surface area (Å²) in [5.41, 5.74) is 2.80. The first-order valence-corrected chi connectivity index (χ1v) is 12.7. The van der Waals surface area contributed by atoms with Gasteiger partial charge in [0.15, 0.2) is 0 Å². The van der Waals surface area contributed by atoms with Gasteiger partial charge < -0.3 is 5.11 Å². The highest BCUT2D eigenvalue weighted by molar-refractivity contribution is 5.28. The molecule has 0 aromatic heterocycles. The van der Waals surface area contributed by atoms with Gasteiger partial charge in [-0.05, 0) is 103 Å². The quantitative estimate of drug-likeness (QED) is 0.483. The molecule has 9 atom stereocenters. The molecule has 3 fully saturated rings. The van der Waals surface area contributed by atoms with E-state index in [0.717, 1.165) is 29.6 Å². The van der Waals surface area contributed by atoms with Crippen molar-refractivity contribution in [2.24, 2.45) is 58.2 Å². The molecule has 0 aromatic rings. The molecular weight excluding hydrogens is 352 g/mol. The van der Waals surface area contributed by atoms with Crippen LogP contribution in [0.15, 0.2) is 23.8 Å². The maximum atomic E-state index is 9.90. The van der Waals surface area contributed by atoms with Gasteiger partial charge in [-0.15, -0.1) is 0 Å². The minimum atomic E-state index is 0.401. The lowest BCUT2D eigenvalue weighted by Crippen LogP contribution is -2.46. The molecule has 0 radical (unpaired) electrons. The molecule has 0 amide bonds. The molecule has 164 valence electrons. The minimum absolute atomic E-state index is 0.401. The summed E-state index contributed by atoms with van der Waals surface area (Å²) in [7, 11) is 0. The monoisotopic (exact) mass is 398 g/mol. The number of hydrogen-bond donors (Lipinski definition) is 1. The zero-order valence-corrected chi connectivity index (χ0v) is 20.0. The molecule has 0 heterocycles. The summed E-state index contributed by atoms with van der Waals surface area (Å²) in [5, 5.41) is 9.90. The van der Waals surface area contributed by atoms with Crippen molar-refractivity contribution < 1.29 is 5.11 Å². The summed E-state index contributed by atoms with van der Waals surface area (Å²) < 4.78 is 0. The summed E-state index contributed by atoms with van der Waals surface area (Å²) in [6.45, 7) is 15.1. The Bertz CT molecular complexity index is 659. The second-order valence-corrected chi connectivity index (χ2v) is 12.2. The molecule has 1 N–H and O–H groups in total. The number of allylic oxidation sites excluding steroid dienone is 4. The molecule has 1 nitrogen and oxygen atoms in total. The number of fused-ring (bicyclic) bond motifs is 5. The lowest BCUT2D eigenvalue weighted by atomic mass is 9.50. The van der Waals surface area contributed by atoms with E-state index >= 15 is 0 Å². The normalized spacial score (nSPS) is 46.3. The van der Waals surface area contributed by atoms with Crippen molar-refractivity contribution in [3.05, 3.63) is 23.8 Å². The molecular formula is C28H46O. The van der Waals surface area contributed by atoms with Gasteiger partial charge in [-0.1, -0.05) is 65.3 Å². The highest BCUT2D eigenvalue weighted by Crippen LogP contribution is 2.68. The van der Waals surface area contributed by atoms with Crippen LogP contribution in [-0.4, -0.2) is 11.7 Å². The van der Waals surface area contributed by atoms with Crippen LogP contribution in [0.2, 0.25) is 0 Å². The first kappa shape index (κ1) is 21.7. The van der Waals surface area contributed by atoms with Gasteiger partial charge in [0.25, 0.3) is 0 Å². The Labute approximate surface area is 180 Å². The zero-order valence-electron chi connectivity index (χ0n) is 20.0. The molecule has 0 aliphatic heterocycles. The Balaban J connectivity index is 1.54. The number of rotatable bonds is 5. The highest BCUT2D eigenvalue weighted by atomic mass is 16.3. The minimum Gasteiger partial charge on any atom is -0.396 e. The van der Waals surface area contributed by atoms with Crippen molar-refractivity contribution in [2.45, 2.75) is 86.5 Å². The van der Waals surface area contributed by atoms with Gasteiger partial charge in [-0.3, -0.25) is 0 Å². The predicted molar refractivity (Wildman–Crippen MR) is 123 cm³/mol. The van der Waals surface area contributed by atoms with Crippen LogP contribution in [0.5, 0.6) is 0 Å². The van der Waals surface area contributed by atoms with E-state index in [-0.39, 0.29) is 0 Å². The van der Waals surface area contributed by atoms with Crippen molar-refractivity contribution in [1.29, 1.82) is 0 Å². The lowest BCUT2D eigenvalue weighted by molar-refractivity contribution is 0.0192. The molecule has 4 rings (SSSR count). The van der Waals surface area contributed by atoms with Crippen LogP contribution in [0.4, 0.5) is 0 Å². The first-order valence-electron chi connectivity index (χ1n) is 12.7. The van der Waals surface area contributed by atoms with Gasteiger partial charge in [0, 0.05) is 6.61 Å². The smallest absolute Gasteiger partial charge is 0.0462 e. The Hall–Kier alpha value is -0.560. The van der Waals surface area contributed by atoms with E-state index < -0.39 is 0 Å². The van der Waals surface area contributed by atoms with Crippen molar-refractivity contribution in [3.63, 3.8) is 0 Å². The van der Waals surface area contributed by atoms with Crippen LogP contribution < -0.4 is 0 Å². The van der Waals surface area contributed by atoms with Crippen LogP contribution in [0, 0.1) is 58.2 Å². The van der Waals surface area contributed by atoms with Gasteiger partial charge in [0.05, 0.1) is 0 Å². The van der Waals surface area contributed by atoms with E-state index in [1.54, 1.807) is 0 Å². The molecule has 0 bridgehead atoms. The molecule has 3 saturated carbocycles. The summed E-state index contributed by atoms with van der Waals surface area (Å²) in [4.78, 5) is 0. The Morgan fingerprint density at radius 1 is 0.966 bits per heavy atom. The fourth-order valence-corrected chi connectivity index (χ4v) is 8.40. The molecule has 0 spiro atoms. The second kappa shape index (κ2) is 7.85. The third-order valence-electron chi connectivity index (χ3n) is 10.7. The average molecular weight is 399 g/mol. The van der Waals surface area contributed by atoms with Gasteiger partial charge in [-0.2, -0.15) is 0 Å². The lowest BCUT2D eigenvalue weighted by Gasteiger charge is -2.54. The third kappa shape index (κ3) is 3.38. The van der Waals surface area contributed by atoms with Crippen LogP contribution in [0.3, 0.4) is 0 Å². The van der Waals surface area contributed by atoms with Gasteiger partial charge in [-0.25, -0.2) is 0 Å². The van der Waals surface area contributed by atoms with Crippen LogP contribution in [-0.2, 0) is 0 Å².